The maximum absolute atomic E-state index is 12.3. The summed E-state index contributed by atoms with van der Waals surface area (Å²) < 4.78 is 0. The van der Waals surface area contributed by atoms with Crippen LogP contribution in [0, 0.1) is 0 Å². The molecule has 1 aliphatic heterocycles. The van der Waals surface area contributed by atoms with E-state index < -0.39 is 0 Å². The fraction of sp³-hybridized carbons (Fsp3) is 0.917. The van der Waals surface area contributed by atoms with Crippen LogP contribution in [0.5, 0.6) is 0 Å². The first kappa shape index (κ1) is 13.5. The fourth-order valence-corrected chi connectivity index (χ4v) is 2.59. The smallest absolute Gasteiger partial charge is 0.240 e. The van der Waals surface area contributed by atoms with Crippen molar-refractivity contribution in [1.29, 1.82) is 0 Å². The standard InChI is InChI=1S/C12H24N2O2/c1-11(2,3)14-10(16)9(6-7-15)13-8-12(14,4)5/h9,13,15H,6-8H2,1-5H3. The van der Waals surface area contributed by atoms with Gasteiger partial charge in [-0.1, -0.05) is 0 Å². The lowest BCUT2D eigenvalue weighted by atomic mass is 9.89. The van der Waals surface area contributed by atoms with Gasteiger partial charge in [-0.25, -0.2) is 0 Å². The Morgan fingerprint density at radius 3 is 2.50 bits per heavy atom. The summed E-state index contributed by atoms with van der Waals surface area (Å²) >= 11 is 0. The minimum Gasteiger partial charge on any atom is -0.396 e. The molecule has 0 radical (unpaired) electrons. The molecule has 0 aromatic heterocycles. The molecule has 1 unspecified atom stereocenters. The number of nitrogens with zero attached hydrogens (tertiary/aromatic N) is 1. The van der Waals surface area contributed by atoms with Crippen molar-refractivity contribution in [3.05, 3.63) is 0 Å². The summed E-state index contributed by atoms with van der Waals surface area (Å²) in [6.07, 6.45) is 0.488. The monoisotopic (exact) mass is 228 g/mol. The fourth-order valence-electron chi connectivity index (χ4n) is 2.59. The van der Waals surface area contributed by atoms with Crippen molar-refractivity contribution in [2.75, 3.05) is 13.2 Å². The zero-order valence-electron chi connectivity index (χ0n) is 11.0. The lowest BCUT2D eigenvalue weighted by molar-refractivity contribution is -0.151. The van der Waals surface area contributed by atoms with Gasteiger partial charge < -0.3 is 15.3 Å². The minimum atomic E-state index is -0.239. The van der Waals surface area contributed by atoms with Gasteiger partial charge in [0.25, 0.3) is 0 Å². The maximum Gasteiger partial charge on any atom is 0.240 e. The summed E-state index contributed by atoms with van der Waals surface area (Å²) in [4.78, 5) is 14.3. The van der Waals surface area contributed by atoms with E-state index in [1.165, 1.54) is 0 Å². The van der Waals surface area contributed by atoms with Gasteiger partial charge in [-0.15, -0.1) is 0 Å². The molecule has 16 heavy (non-hydrogen) atoms. The Balaban J connectivity index is 2.94. The molecule has 4 heteroatoms. The van der Waals surface area contributed by atoms with Crippen LogP contribution in [0.2, 0.25) is 0 Å². The predicted octanol–water partition coefficient (Wildman–Crippen LogP) is 0.746. The molecule has 0 aliphatic carbocycles. The third-order valence-corrected chi connectivity index (χ3v) is 2.99. The Labute approximate surface area is 98.0 Å². The van der Waals surface area contributed by atoms with Crippen molar-refractivity contribution in [2.45, 2.75) is 58.2 Å². The molecule has 94 valence electrons. The highest BCUT2D eigenvalue weighted by Gasteiger charge is 2.44. The van der Waals surface area contributed by atoms with E-state index >= 15 is 0 Å². The van der Waals surface area contributed by atoms with Gasteiger partial charge >= 0.3 is 0 Å². The molecule has 0 aromatic carbocycles. The zero-order valence-corrected chi connectivity index (χ0v) is 11.0. The van der Waals surface area contributed by atoms with Crippen molar-refractivity contribution in [2.24, 2.45) is 0 Å². The summed E-state index contributed by atoms with van der Waals surface area (Å²) in [5.41, 5.74) is -0.363. The van der Waals surface area contributed by atoms with E-state index in [4.69, 9.17) is 5.11 Å². The number of aliphatic hydroxyl groups excluding tert-OH is 1. The number of nitrogens with one attached hydrogen (secondary N) is 1. The van der Waals surface area contributed by atoms with Crippen molar-refractivity contribution < 1.29 is 9.90 Å². The van der Waals surface area contributed by atoms with Gasteiger partial charge in [0.2, 0.25) is 5.91 Å². The molecule has 0 bridgehead atoms. The highest BCUT2D eigenvalue weighted by Crippen LogP contribution is 2.29. The third kappa shape index (κ3) is 2.55. The van der Waals surface area contributed by atoms with Gasteiger partial charge in [0, 0.05) is 18.7 Å². The van der Waals surface area contributed by atoms with E-state index in [-0.39, 0.29) is 29.6 Å². The van der Waals surface area contributed by atoms with E-state index in [0.717, 1.165) is 6.54 Å². The van der Waals surface area contributed by atoms with E-state index in [0.29, 0.717) is 6.42 Å². The molecule has 1 amide bonds. The van der Waals surface area contributed by atoms with E-state index in [9.17, 15) is 4.79 Å². The molecule has 0 saturated carbocycles. The molecule has 1 rings (SSSR count). The molecule has 1 heterocycles. The Morgan fingerprint density at radius 1 is 1.50 bits per heavy atom. The first-order valence-electron chi connectivity index (χ1n) is 5.88. The first-order valence-corrected chi connectivity index (χ1v) is 5.88. The molecule has 0 spiro atoms. The van der Waals surface area contributed by atoms with E-state index in [1.54, 1.807) is 0 Å². The Bertz CT molecular complexity index is 269. The normalized spacial score (nSPS) is 26.0. The number of carbonyl (C=O) groups excluding carboxylic acids is 1. The lowest BCUT2D eigenvalue weighted by Crippen LogP contribution is -2.69. The molecular weight excluding hydrogens is 204 g/mol. The zero-order chi connectivity index (χ0) is 12.6. The van der Waals surface area contributed by atoms with Crippen LogP contribution in [0.4, 0.5) is 0 Å². The van der Waals surface area contributed by atoms with Gasteiger partial charge in [0.15, 0.2) is 0 Å². The second kappa shape index (κ2) is 4.34. The average molecular weight is 228 g/mol. The predicted molar refractivity (Wildman–Crippen MR) is 64.2 cm³/mol. The molecular formula is C12H24N2O2. The largest absolute Gasteiger partial charge is 0.396 e. The summed E-state index contributed by atoms with van der Waals surface area (Å²) in [6, 6.07) is -0.239. The van der Waals surface area contributed by atoms with Crippen molar-refractivity contribution in [1.82, 2.24) is 10.2 Å². The van der Waals surface area contributed by atoms with Crippen molar-refractivity contribution in [3.8, 4) is 0 Å². The number of amides is 1. The Morgan fingerprint density at radius 2 is 2.06 bits per heavy atom. The lowest BCUT2D eigenvalue weighted by Gasteiger charge is -2.52. The van der Waals surface area contributed by atoms with Crippen LogP contribution in [0.25, 0.3) is 0 Å². The van der Waals surface area contributed by atoms with Crippen LogP contribution in [0.1, 0.15) is 41.0 Å². The van der Waals surface area contributed by atoms with E-state index in [2.05, 4.69) is 19.2 Å². The minimum absolute atomic E-state index is 0.0435. The van der Waals surface area contributed by atoms with E-state index in [1.807, 2.05) is 25.7 Å². The molecule has 2 N–H and O–H groups in total. The summed E-state index contributed by atoms with van der Waals surface area (Å²) in [5, 5.41) is 12.2. The second-order valence-corrected chi connectivity index (χ2v) is 6.10. The van der Waals surface area contributed by atoms with Crippen LogP contribution in [-0.2, 0) is 4.79 Å². The van der Waals surface area contributed by atoms with Gasteiger partial charge in [0.05, 0.1) is 11.6 Å². The van der Waals surface area contributed by atoms with Gasteiger partial charge in [-0.2, -0.15) is 0 Å². The molecule has 1 saturated heterocycles. The summed E-state index contributed by atoms with van der Waals surface area (Å²) in [5.74, 6) is 0.0952. The second-order valence-electron chi connectivity index (χ2n) is 6.10. The SMILES string of the molecule is CC(C)(C)N1C(=O)C(CCO)NCC1(C)C. The summed E-state index contributed by atoms with van der Waals surface area (Å²) in [7, 11) is 0. The highest BCUT2D eigenvalue weighted by atomic mass is 16.3. The number of carbonyl (C=O) groups is 1. The number of aliphatic hydroxyl groups is 1. The van der Waals surface area contributed by atoms with Crippen LogP contribution in [-0.4, -0.2) is 46.2 Å². The quantitative estimate of drug-likeness (QED) is 0.733. The van der Waals surface area contributed by atoms with Crippen LogP contribution in [0.3, 0.4) is 0 Å². The van der Waals surface area contributed by atoms with Crippen molar-refractivity contribution >= 4 is 5.91 Å². The molecule has 1 fully saturated rings. The first-order chi connectivity index (χ1) is 7.20. The van der Waals surface area contributed by atoms with Gasteiger partial charge in [0.1, 0.15) is 0 Å². The van der Waals surface area contributed by atoms with Crippen LogP contribution < -0.4 is 5.32 Å². The molecule has 1 aliphatic rings. The average Bonchev–Trinajstić information content (AvgIpc) is 2.07. The molecule has 4 nitrogen and oxygen atoms in total. The summed E-state index contributed by atoms with van der Waals surface area (Å²) in [6.45, 7) is 11.1. The highest BCUT2D eigenvalue weighted by molar-refractivity contribution is 5.84. The van der Waals surface area contributed by atoms with Crippen molar-refractivity contribution in [3.63, 3.8) is 0 Å². The third-order valence-electron chi connectivity index (χ3n) is 2.99. The maximum atomic E-state index is 12.3. The Kier molecular flexibility index (Phi) is 3.65. The van der Waals surface area contributed by atoms with Crippen LogP contribution in [0.15, 0.2) is 0 Å². The molecule has 0 aromatic rings. The number of hydrogen-bond donors (Lipinski definition) is 2. The number of hydrogen-bond acceptors (Lipinski definition) is 3. The Hall–Kier alpha value is -0.610. The van der Waals surface area contributed by atoms with Crippen LogP contribution >= 0.6 is 0 Å². The molecule has 1 atom stereocenters. The number of piperazine rings is 1. The van der Waals surface area contributed by atoms with Gasteiger partial charge in [-0.05, 0) is 41.0 Å². The topological polar surface area (TPSA) is 52.6 Å². The number of rotatable bonds is 2. The van der Waals surface area contributed by atoms with Gasteiger partial charge in [-0.3, -0.25) is 4.79 Å².